The van der Waals surface area contributed by atoms with Gasteiger partial charge in [0.15, 0.2) is 0 Å². The van der Waals surface area contributed by atoms with Crippen molar-refractivity contribution in [3.05, 3.63) is 35.9 Å². The number of aliphatic hydroxyl groups excluding tert-OH is 1. The molecule has 0 spiro atoms. The van der Waals surface area contributed by atoms with Crippen LogP contribution in [0.15, 0.2) is 30.3 Å². The zero-order valence-electron chi connectivity index (χ0n) is 11.4. The van der Waals surface area contributed by atoms with E-state index in [9.17, 15) is 9.59 Å². The van der Waals surface area contributed by atoms with Crippen LogP contribution in [0.25, 0.3) is 0 Å². The Labute approximate surface area is 118 Å². The molecule has 20 heavy (non-hydrogen) atoms. The molecule has 0 aliphatic carbocycles. The summed E-state index contributed by atoms with van der Waals surface area (Å²) < 4.78 is 9.94. The van der Waals surface area contributed by atoms with Gasteiger partial charge in [-0.25, -0.2) is 0 Å². The van der Waals surface area contributed by atoms with Gasteiger partial charge in [-0.1, -0.05) is 30.3 Å². The van der Waals surface area contributed by atoms with Crippen molar-refractivity contribution in [3.8, 4) is 0 Å². The zero-order chi connectivity index (χ0) is 14.6. The first kappa shape index (κ1) is 16.2. The second kappa shape index (κ2) is 9.97. The van der Waals surface area contributed by atoms with Gasteiger partial charge in [-0.2, -0.15) is 0 Å². The quantitative estimate of drug-likeness (QED) is 0.552. The number of hydrogen-bond acceptors (Lipinski definition) is 5. The topological polar surface area (TPSA) is 72.8 Å². The summed E-state index contributed by atoms with van der Waals surface area (Å²) in [7, 11) is 0. The zero-order valence-corrected chi connectivity index (χ0v) is 11.4. The Kier molecular flexibility index (Phi) is 8.07. The standard InChI is InChI=1S/C15H20O5/c16-10-4-5-11-19-14(17)8-9-15(18)20-12-13-6-2-1-3-7-13/h1-3,6-7,16H,4-5,8-12H2. The van der Waals surface area contributed by atoms with Gasteiger partial charge in [-0.05, 0) is 18.4 Å². The van der Waals surface area contributed by atoms with Crippen molar-refractivity contribution in [2.45, 2.75) is 32.3 Å². The van der Waals surface area contributed by atoms with Crippen molar-refractivity contribution in [3.63, 3.8) is 0 Å². The first-order chi connectivity index (χ1) is 9.72. The lowest BCUT2D eigenvalue weighted by atomic mass is 10.2. The van der Waals surface area contributed by atoms with E-state index in [1.54, 1.807) is 0 Å². The monoisotopic (exact) mass is 280 g/mol. The van der Waals surface area contributed by atoms with E-state index < -0.39 is 11.9 Å². The van der Waals surface area contributed by atoms with Gasteiger partial charge in [0.05, 0.1) is 19.4 Å². The second-order valence-corrected chi connectivity index (χ2v) is 4.30. The van der Waals surface area contributed by atoms with E-state index in [4.69, 9.17) is 14.6 Å². The Morgan fingerprint density at radius 2 is 1.60 bits per heavy atom. The largest absolute Gasteiger partial charge is 0.466 e. The Morgan fingerprint density at radius 1 is 0.950 bits per heavy atom. The Balaban J connectivity index is 2.09. The van der Waals surface area contributed by atoms with Crippen LogP contribution >= 0.6 is 0 Å². The van der Waals surface area contributed by atoms with E-state index in [1.165, 1.54) is 0 Å². The highest BCUT2D eigenvalue weighted by molar-refractivity contribution is 5.77. The van der Waals surface area contributed by atoms with Gasteiger partial charge >= 0.3 is 11.9 Å². The maximum absolute atomic E-state index is 11.4. The Bertz CT molecular complexity index is 402. The highest BCUT2D eigenvalue weighted by Crippen LogP contribution is 2.03. The third-order valence-electron chi connectivity index (χ3n) is 2.59. The minimum Gasteiger partial charge on any atom is -0.466 e. The number of carbonyl (C=O) groups excluding carboxylic acids is 2. The molecule has 1 N–H and O–H groups in total. The number of rotatable bonds is 9. The van der Waals surface area contributed by atoms with E-state index in [2.05, 4.69) is 0 Å². The number of ether oxygens (including phenoxy) is 2. The summed E-state index contributed by atoms with van der Waals surface area (Å²) in [5.74, 6) is -0.833. The summed E-state index contributed by atoms with van der Waals surface area (Å²) in [4.78, 5) is 22.7. The molecule has 0 bridgehead atoms. The van der Waals surface area contributed by atoms with Crippen molar-refractivity contribution < 1.29 is 24.2 Å². The molecule has 5 heteroatoms. The van der Waals surface area contributed by atoms with Gasteiger partial charge in [0.2, 0.25) is 0 Å². The molecular formula is C15H20O5. The molecule has 0 unspecified atom stereocenters. The molecule has 0 heterocycles. The number of aliphatic hydroxyl groups is 1. The molecule has 0 fully saturated rings. The highest BCUT2D eigenvalue weighted by Gasteiger charge is 2.09. The molecule has 0 saturated heterocycles. The molecule has 0 aromatic heterocycles. The summed E-state index contributed by atoms with van der Waals surface area (Å²) in [5, 5.41) is 8.56. The molecule has 0 saturated carbocycles. The Morgan fingerprint density at radius 3 is 2.25 bits per heavy atom. The van der Waals surface area contributed by atoms with Crippen LogP contribution in [0.5, 0.6) is 0 Å². The number of unbranched alkanes of at least 4 members (excludes halogenated alkanes) is 1. The Hall–Kier alpha value is -1.88. The molecule has 1 aromatic rings. The van der Waals surface area contributed by atoms with Gasteiger partial charge in [-0.3, -0.25) is 9.59 Å². The average molecular weight is 280 g/mol. The van der Waals surface area contributed by atoms with Gasteiger partial charge in [0.1, 0.15) is 6.61 Å². The van der Waals surface area contributed by atoms with Gasteiger partial charge < -0.3 is 14.6 Å². The first-order valence-corrected chi connectivity index (χ1v) is 6.68. The van der Waals surface area contributed by atoms with Crippen molar-refractivity contribution in [2.24, 2.45) is 0 Å². The van der Waals surface area contributed by atoms with Crippen LogP contribution < -0.4 is 0 Å². The van der Waals surface area contributed by atoms with Crippen LogP contribution in [-0.4, -0.2) is 30.3 Å². The van der Waals surface area contributed by atoms with Crippen molar-refractivity contribution in [2.75, 3.05) is 13.2 Å². The molecule has 1 aromatic carbocycles. The molecule has 0 aliphatic rings. The van der Waals surface area contributed by atoms with E-state index >= 15 is 0 Å². The molecule has 110 valence electrons. The highest BCUT2D eigenvalue weighted by atomic mass is 16.5. The maximum Gasteiger partial charge on any atom is 0.306 e. The average Bonchev–Trinajstić information content (AvgIpc) is 2.48. The van der Waals surface area contributed by atoms with E-state index in [0.717, 1.165) is 5.56 Å². The first-order valence-electron chi connectivity index (χ1n) is 6.68. The van der Waals surface area contributed by atoms with E-state index in [0.29, 0.717) is 12.8 Å². The van der Waals surface area contributed by atoms with Crippen LogP contribution in [0.1, 0.15) is 31.2 Å². The number of benzene rings is 1. The van der Waals surface area contributed by atoms with Gasteiger partial charge in [0.25, 0.3) is 0 Å². The molecule has 0 aliphatic heterocycles. The lowest BCUT2D eigenvalue weighted by Gasteiger charge is -2.05. The van der Waals surface area contributed by atoms with Crippen LogP contribution in [0.3, 0.4) is 0 Å². The second-order valence-electron chi connectivity index (χ2n) is 4.30. The number of esters is 2. The third kappa shape index (κ3) is 7.53. The van der Waals surface area contributed by atoms with Crippen molar-refractivity contribution in [1.29, 1.82) is 0 Å². The molecule has 0 radical (unpaired) electrons. The third-order valence-corrected chi connectivity index (χ3v) is 2.59. The summed E-state index contributed by atoms with van der Waals surface area (Å²) in [6.07, 6.45) is 1.27. The van der Waals surface area contributed by atoms with Crippen molar-refractivity contribution >= 4 is 11.9 Å². The minimum atomic E-state index is -0.417. The molecular weight excluding hydrogens is 260 g/mol. The predicted molar refractivity (Wildman–Crippen MR) is 72.8 cm³/mol. The number of carbonyl (C=O) groups is 2. The van der Waals surface area contributed by atoms with Crippen LogP contribution in [0.2, 0.25) is 0 Å². The molecule has 0 amide bonds. The summed E-state index contributed by atoms with van der Waals surface area (Å²) in [6, 6.07) is 9.35. The van der Waals surface area contributed by atoms with Crippen LogP contribution in [0.4, 0.5) is 0 Å². The maximum atomic E-state index is 11.4. The normalized spacial score (nSPS) is 10.1. The minimum absolute atomic E-state index is 0.0195. The number of hydrogen-bond donors (Lipinski definition) is 1. The SMILES string of the molecule is O=C(CCC(=O)OCc1ccccc1)OCCCCO. The lowest BCUT2D eigenvalue weighted by molar-refractivity contribution is -0.151. The van der Waals surface area contributed by atoms with Gasteiger partial charge in [0, 0.05) is 6.61 Å². The fourth-order valence-corrected chi connectivity index (χ4v) is 1.49. The molecule has 0 atom stereocenters. The van der Waals surface area contributed by atoms with E-state index in [1.807, 2.05) is 30.3 Å². The van der Waals surface area contributed by atoms with E-state index in [-0.39, 0.29) is 32.7 Å². The van der Waals surface area contributed by atoms with Crippen molar-refractivity contribution in [1.82, 2.24) is 0 Å². The molecule has 1 rings (SSSR count). The smallest absolute Gasteiger partial charge is 0.306 e. The summed E-state index contributed by atoms with van der Waals surface area (Å²) >= 11 is 0. The van der Waals surface area contributed by atoms with Crippen LogP contribution in [0, 0.1) is 0 Å². The lowest BCUT2D eigenvalue weighted by Crippen LogP contribution is -2.11. The molecule has 5 nitrogen and oxygen atoms in total. The van der Waals surface area contributed by atoms with Gasteiger partial charge in [-0.15, -0.1) is 0 Å². The summed E-state index contributed by atoms with van der Waals surface area (Å²) in [5.41, 5.74) is 0.910. The summed E-state index contributed by atoms with van der Waals surface area (Å²) in [6.45, 7) is 0.576. The fraction of sp³-hybridized carbons (Fsp3) is 0.467. The fourth-order valence-electron chi connectivity index (χ4n) is 1.49. The predicted octanol–water partition coefficient (Wildman–Crippen LogP) is 1.83. The van der Waals surface area contributed by atoms with Crippen LogP contribution in [-0.2, 0) is 25.7 Å².